The van der Waals surface area contributed by atoms with Crippen LogP contribution in [-0.2, 0) is 16.4 Å². The highest BCUT2D eigenvalue weighted by molar-refractivity contribution is 7.93. The van der Waals surface area contributed by atoms with E-state index >= 15 is 4.39 Å². The standard InChI is InChI=1S/C25H24FN5O3S/c1-25(2)23(26)17-10-16(8-9-21(17)35(25,32)33)19-13-29-24(27)22(30-19)20-11-18(31-34-20)15-6-4-14(5-7-15)12-28-3/h4-11,13,23,28H,12H2,1-3H3,(H2,27,29)/t23-/m1/s1. The number of nitrogens with two attached hydrogens (primary N) is 1. The second-order valence-corrected chi connectivity index (χ2v) is 11.5. The number of anilines is 1. The molecule has 0 fully saturated rings. The summed E-state index contributed by atoms with van der Waals surface area (Å²) in [7, 11) is -1.89. The zero-order valence-electron chi connectivity index (χ0n) is 19.4. The SMILES string of the molecule is CNCc1ccc(-c2cc(-c3nc(-c4ccc5c(c4)[C@@H](F)C(C)(C)S5(=O)=O)cnc3N)on2)cc1. The molecule has 5 rings (SSSR count). The Morgan fingerprint density at radius 2 is 1.80 bits per heavy atom. The number of sulfone groups is 1. The smallest absolute Gasteiger partial charge is 0.189 e. The van der Waals surface area contributed by atoms with Gasteiger partial charge in [0.05, 0.1) is 16.8 Å². The Labute approximate surface area is 202 Å². The van der Waals surface area contributed by atoms with Gasteiger partial charge in [0.2, 0.25) is 0 Å². The Bertz CT molecular complexity index is 1530. The summed E-state index contributed by atoms with van der Waals surface area (Å²) in [4.78, 5) is 8.81. The summed E-state index contributed by atoms with van der Waals surface area (Å²) >= 11 is 0. The predicted molar refractivity (Wildman–Crippen MR) is 131 cm³/mol. The number of aromatic nitrogens is 3. The van der Waals surface area contributed by atoms with Crippen LogP contribution in [-0.4, -0.2) is 35.3 Å². The molecular weight excluding hydrogens is 469 g/mol. The summed E-state index contributed by atoms with van der Waals surface area (Å²) < 4.78 is 44.5. The van der Waals surface area contributed by atoms with Crippen molar-refractivity contribution in [3.63, 3.8) is 0 Å². The summed E-state index contributed by atoms with van der Waals surface area (Å²) in [5, 5.41) is 7.24. The quantitative estimate of drug-likeness (QED) is 0.421. The van der Waals surface area contributed by atoms with E-state index in [1.165, 1.54) is 32.2 Å². The second kappa shape index (κ2) is 8.24. The second-order valence-electron chi connectivity index (χ2n) is 9.01. The van der Waals surface area contributed by atoms with E-state index in [0.717, 1.165) is 17.7 Å². The van der Waals surface area contributed by atoms with Crippen LogP contribution in [0.4, 0.5) is 10.2 Å². The summed E-state index contributed by atoms with van der Waals surface area (Å²) in [6, 6.07) is 14.2. The molecule has 0 saturated carbocycles. The van der Waals surface area contributed by atoms with E-state index in [2.05, 4.69) is 20.4 Å². The van der Waals surface area contributed by atoms with Crippen LogP contribution in [0.5, 0.6) is 0 Å². The van der Waals surface area contributed by atoms with Crippen LogP contribution < -0.4 is 11.1 Å². The average molecular weight is 494 g/mol. The van der Waals surface area contributed by atoms with Gasteiger partial charge in [-0.2, -0.15) is 0 Å². The number of nitrogen functional groups attached to an aromatic ring is 1. The molecule has 0 saturated heterocycles. The van der Waals surface area contributed by atoms with Crippen LogP contribution in [0.15, 0.2) is 64.1 Å². The third kappa shape index (κ3) is 3.69. The molecule has 0 amide bonds. The third-order valence-corrected chi connectivity index (χ3v) is 8.89. The van der Waals surface area contributed by atoms with Crippen LogP contribution in [0.2, 0.25) is 0 Å². The number of hydrogen-bond donors (Lipinski definition) is 2. The van der Waals surface area contributed by atoms with Crippen molar-refractivity contribution in [2.45, 2.75) is 36.2 Å². The van der Waals surface area contributed by atoms with E-state index in [0.29, 0.717) is 28.4 Å². The summed E-state index contributed by atoms with van der Waals surface area (Å²) in [5.74, 6) is 0.480. The first-order valence-electron chi connectivity index (χ1n) is 11.0. The van der Waals surface area contributed by atoms with Gasteiger partial charge in [-0.3, -0.25) is 0 Å². The van der Waals surface area contributed by atoms with E-state index < -0.39 is 20.8 Å². The molecule has 8 nitrogen and oxygen atoms in total. The number of alkyl halides is 1. The van der Waals surface area contributed by atoms with E-state index in [1.807, 2.05) is 31.3 Å². The Morgan fingerprint density at radius 1 is 1.09 bits per heavy atom. The normalized spacial score (nSPS) is 17.9. The summed E-state index contributed by atoms with van der Waals surface area (Å²) in [6.07, 6.45) is -0.194. The van der Waals surface area contributed by atoms with Gasteiger partial charge in [-0.1, -0.05) is 35.5 Å². The van der Waals surface area contributed by atoms with Crippen LogP contribution in [0.1, 0.15) is 31.1 Å². The molecule has 0 radical (unpaired) electrons. The molecule has 4 aromatic rings. The highest BCUT2D eigenvalue weighted by Gasteiger charge is 2.52. The molecule has 2 aromatic carbocycles. The molecule has 1 atom stereocenters. The number of nitrogens with zero attached hydrogens (tertiary/aromatic N) is 3. The van der Waals surface area contributed by atoms with Gasteiger partial charge in [-0.05, 0) is 38.6 Å². The Hall–Kier alpha value is -3.63. The van der Waals surface area contributed by atoms with Crippen molar-refractivity contribution in [1.82, 2.24) is 20.4 Å². The first kappa shape index (κ1) is 23.1. The molecule has 1 aliphatic heterocycles. The molecule has 0 spiro atoms. The zero-order valence-corrected chi connectivity index (χ0v) is 20.2. The van der Waals surface area contributed by atoms with Crippen LogP contribution in [0, 0.1) is 0 Å². The molecular formula is C25H24FN5O3S. The molecule has 10 heteroatoms. The maximum Gasteiger partial charge on any atom is 0.189 e. The lowest BCUT2D eigenvalue weighted by Crippen LogP contribution is -2.30. The third-order valence-electron chi connectivity index (χ3n) is 6.35. The Morgan fingerprint density at radius 3 is 2.51 bits per heavy atom. The number of fused-ring (bicyclic) bond motifs is 1. The molecule has 0 bridgehead atoms. The number of hydrogen-bond acceptors (Lipinski definition) is 8. The maximum atomic E-state index is 15.1. The molecule has 3 heterocycles. The van der Waals surface area contributed by atoms with Gasteiger partial charge in [0.1, 0.15) is 16.6 Å². The lowest BCUT2D eigenvalue weighted by atomic mass is 9.98. The molecule has 3 N–H and O–H groups in total. The van der Waals surface area contributed by atoms with Crippen molar-refractivity contribution < 1.29 is 17.3 Å². The number of nitrogens with one attached hydrogen (secondary N) is 1. The highest BCUT2D eigenvalue weighted by atomic mass is 32.2. The first-order valence-corrected chi connectivity index (χ1v) is 12.5. The van der Waals surface area contributed by atoms with Crippen molar-refractivity contribution in [3.05, 3.63) is 65.9 Å². The Kier molecular flexibility index (Phi) is 5.45. The van der Waals surface area contributed by atoms with Crippen molar-refractivity contribution in [2.75, 3.05) is 12.8 Å². The van der Waals surface area contributed by atoms with Gasteiger partial charge in [0, 0.05) is 29.3 Å². The van der Waals surface area contributed by atoms with Gasteiger partial charge in [-0.15, -0.1) is 0 Å². The minimum Gasteiger partial charge on any atom is -0.382 e. The van der Waals surface area contributed by atoms with Crippen LogP contribution >= 0.6 is 0 Å². The topological polar surface area (TPSA) is 124 Å². The van der Waals surface area contributed by atoms with Gasteiger partial charge < -0.3 is 15.6 Å². The monoisotopic (exact) mass is 493 g/mol. The number of benzene rings is 2. The van der Waals surface area contributed by atoms with Gasteiger partial charge in [0.15, 0.2) is 27.1 Å². The minimum absolute atomic E-state index is 0.00277. The lowest BCUT2D eigenvalue weighted by molar-refractivity contribution is 0.284. The summed E-state index contributed by atoms with van der Waals surface area (Å²) in [6.45, 7) is 3.55. The van der Waals surface area contributed by atoms with E-state index in [1.54, 1.807) is 12.1 Å². The minimum atomic E-state index is -3.78. The molecule has 180 valence electrons. The molecule has 0 unspecified atom stereocenters. The van der Waals surface area contributed by atoms with Crippen LogP contribution in [0.25, 0.3) is 34.0 Å². The average Bonchev–Trinajstić information content (AvgIpc) is 3.38. The van der Waals surface area contributed by atoms with Gasteiger partial charge in [-0.25, -0.2) is 22.8 Å². The lowest BCUT2D eigenvalue weighted by Gasteiger charge is -2.19. The summed E-state index contributed by atoms with van der Waals surface area (Å²) in [5.41, 5.74) is 10.0. The maximum absolute atomic E-state index is 15.1. The highest BCUT2D eigenvalue weighted by Crippen LogP contribution is 2.49. The Balaban J connectivity index is 1.50. The fourth-order valence-corrected chi connectivity index (χ4v) is 5.87. The molecule has 35 heavy (non-hydrogen) atoms. The zero-order chi connectivity index (χ0) is 25.0. The fraction of sp³-hybridized carbons (Fsp3) is 0.240. The fourth-order valence-electron chi connectivity index (χ4n) is 4.18. The van der Waals surface area contributed by atoms with Gasteiger partial charge in [0.25, 0.3) is 0 Å². The first-order chi connectivity index (χ1) is 16.6. The molecule has 1 aliphatic rings. The van der Waals surface area contributed by atoms with Crippen molar-refractivity contribution >= 4 is 15.7 Å². The van der Waals surface area contributed by atoms with Crippen molar-refractivity contribution in [2.24, 2.45) is 0 Å². The van der Waals surface area contributed by atoms with Crippen molar-refractivity contribution in [1.29, 1.82) is 0 Å². The number of halogens is 1. The largest absolute Gasteiger partial charge is 0.382 e. The number of rotatable bonds is 5. The van der Waals surface area contributed by atoms with E-state index in [4.69, 9.17) is 10.3 Å². The van der Waals surface area contributed by atoms with Crippen LogP contribution in [0.3, 0.4) is 0 Å². The molecule has 2 aromatic heterocycles. The van der Waals surface area contributed by atoms with Crippen molar-refractivity contribution in [3.8, 4) is 34.0 Å². The van der Waals surface area contributed by atoms with E-state index in [-0.39, 0.29) is 16.3 Å². The molecule has 0 aliphatic carbocycles. The van der Waals surface area contributed by atoms with Gasteiger partial charge >= 0.3 is 0 Å². The van der Waals surface area contributed by atoms with E-state index in [9.17, 15) is 8.42 Å². The predicted octanol–water partition coefficient (Wildman–Crippen LogP) is 4.34.